The second-order valence-electron chi connectivity index (χ2n) is 23.3. The van der Waals surface area contributed by atoms with E-state index in [1.807, 2.05) is 0 Å². The molecule has 1 aromatic rings. The van der Waals surface area contributed by atoms with E-state index in [1.165, 1.54) is 83.4 Å². The number of Topliss-reactive ketones (excluding diaryl/α,β-unsaturated/α-hetero) is 1. The first-order valence-corrected chi connectivity index (χ1v) is 29.7. The number of ketones is 1. The van der Waals surface area contributed by atoms with Gasteiger partial charge in [-0.25, -0.2) is 9.59 Å². The van der Waals surface area contributed by atoms with Crippen molar-refractivity contribution in [2.24, 2.45) is 35.5 Å². The van der Waals surface area contributed by atoms with Gasteiger partial charge in [0.05, 0.1) is 87.8 Å². The van der Waals surface area contributed by atoms with Crippen molar-refractivity contribution in [1.29, 1.82) is 0 Å². The monoisotopic (exact) mass is 1250 g/mol. The van der Waals surface area contributed by atoms with Crippen molar-refractivity contribution in [2.75, 3.05) is 53.9 Å². The van der Waals surface area contributed by atoms with E-state index in [0.717, 1.165) is 114 Å². The summed E-state index contributed by atoms with van der Waals surface area (Å²) in [6.07, 6.45) is 23.9. The number of hydrogen-bond donors (Lipinski definition) is 0. The number of rotatable bonds is 19. The topological polar surface area (TPSA) is 446 Å². The van der Waals surface area contributed by atoms with E-state index in [4.69, 9.17) is 18.9 Å². The largest absolute Gasteiger partial charge is 0.548 e. The molecule has 0 N–H and O–H groups in total. The van der Waals surface area contributed by atoms with Crippen molar-refractivity contribution in [3.63, 3.8) is 0 Å². The fourth-order valence-corrected chi connectivity index (χ4v) is 13.0. The lowest BCUT2D eigenvalue weighted by Crippen LogP contribution is -2.54. The Bertz CT molecular complexity index is 2300. The quantitative estimate of drug-likeness (QED) is 0.0740. The Hall–Kier alpha value is -6.81. The molecular formula is C61H84O27-8. The molecule has 27 heteroatoms. The maximum Gasteiger partial charge on any atom is 0.354 e. The van der Waals surface area contributed by atoms with Crippen LogP contribution in [0.5, 0.6) is 5.75 Å². The zero-order chi connectivity index (χ0) is 66.0. The normalized spacial score (nSPS) is 24.7. The van der Waals surface area contributed by atoms with E-state index in [1.54, 1.807) is 20.8 Å². The van der Waals surface area contributed by atoms with E-state index < -0.39 is 71.1 Å². The van der Waals surface area contributed by atoms with Crippen LogP contribution in [0.1, 0.15) is 172 Å². The number of hydrogen-bond acceptors (Lipinski definition) is 27. The molecule has 498 valence electrons. The van der Waals surface area contributed by atoms with Gasteiger partial charge in [-0.2, -0.15) is 0 Å². The number of carbonyl (C=O) groups is 11. The Morgan fingerprint density at radius 2 is 0.875 bits per heavy atom. The maximum absolute atomic E-state index is 11.1. The third kappa shape index (κ3) is 31.9. The van der Waals surface area contributed by atoms with Crippen molar-refractivity contribution in [3.05, 3.63) is 29.8 Å². The molecule has 0 aromatic heterocycles. The molecule has 10 fully saturated rings. The Morgan fingerprint density at radius 3 is 1.18 bits per heavy atom. The summed E-state index contributed by atoms with van der Waals surface area (Å²) in [6, 6.07) is 5.76. The lowest BCUT2D eigenvalue weighted by Gasteiger charge is -2.56. The predicted octanol–water partition coefficient (Wildman–Crippen LogP) is -3.39. The molecule has 8 bridgehead atoms. The van der Waals surface area contributed by atoms with Gasteiger partial charge in [0, 0.05) is 19.3 Å². The fraction of sp³-hybridized carbons (Fsp3) is 0.721. The third-order valence-corrected chi connectivity index (χ3v) is 15.7. The molecular weight excluding hydrogens is 1160 g/mol. The van der Waals surface area contributed by atoms with Gasteiger partial charge >= 0.3 is 11.9 Å². The number of esters is 2. The van der Waals surface area contributed by atoms with Gasteiger partial charge in [-0.1, -0.05) is 25.7 Å². The van der Waals surface area contributed by atoms with Gasteiger partial charge in [0.2, 0.25) is 5.78 Å². The summed E-state index contributed by atoms with van der Waals surface area (Å²) in [5, 5.41) is 79.6. The summed E-state index contributed by atoms with van der Waals surface area (Å²) in [7, 11) is 2.78. The highest BCUT2D eigenvalue weighted by molar-refractivity contribution is 6.39. The Labute approximate surface area is 512 Å². The van der Waals surface area contributed by atoms with Crippen LogP contribution in [-0.2, 0) is 81.1 Å². The summed E-state index contributed by atoms with van der Waals surface area (Å²) in [5.74, 6) is -9.42. The molecule has 0 aliphatic heterocycles. The molecule has 1 aromatic carbocycles. The first-order valence-electron chi connectivity index (χ1n) is 29.7. The molecule has 0 spiro atoms. The average molecular weight is 1250 g/mol. The van der Waals surface area contributed by atoms with Crippen molar-refractivity contribution in [2.45, 2.75) is 192 Å². The zero-order valence-corrected chi connectivity index (χ0v) is 50.8. The van der Waals surface area contributed by atoms with Crippen molar-refractivity contribution in [3.8, 4) is 5.75 Å². The molecule has 0 atom stereocenters. The first kappa shape index (κ1) is 77.3. The standard InChI is InChI=1S/C12H16O4.C12H18O3.C9H8O4.C8H12O4.C8H14O3.C5H10O3.C4H8O3.C3H6O3/c13-10(14)11(15)16-12-4-7-1-8(5-12)3-9(2-7)6-12;13-11(14)7-15-12-4-8-1-9(5-12)3-10(2-8)6-12;1-13-7-4-2-6(3-5-7)8(10)9(11)12;9-7(10)8(11)12-6-4-2-1-3-5-6;9-8(10)6-11-7-4-2-1-3-5-7;1-4(2)8-3-5(6)7;1-2-7-3-4(5)6;1-6-2-3(4)5/h7-9H,1-6H2,(H,13,14);8-10H,1-7H2,(H,13,14);2-5H,1H3,(H,11,12);6H,1-5H2,(H,9,10);7H,1-6H2,(H,9,10);4H,3H2,1-2H3,(H,6,7);2-3H2,1H3,(H,5,6);2H2,1H3,(H,4,5)/p-8. The minimum absolute atomic E-state index is 0.0344. The summed E-state index contributed by atoms with van der Waals surface area (Å²) >= 11 is 0. The van der Waals surface area contributed by atoms with Crippen LogP contribution in [0, 0.1) is 35.5 Å². The highest BCUT2D eigenvalue weighted by Gasteiger charge is 2.54. The smallest absolute Gasteiger partial charge is 0.354 e. The highest BCUT2D eigenvalue weighted by Crippen LogP contribution is 2.58. The van der Waals surface area contributed by atoms with Crippen LogP contribution in [0.3, 0.4) is 0 Å². The Kier molecular flexibility index (Phi) is 35.7. The molecule has 0 amide bonds. The van der Waals surface area contributed by atoms with Crippen molar-refractivity contribution >= 4 is 65.5 Å². The molecule has 10 saturated carbocycles. The number of benzene rings is 1. The second-order valence-corrected chi connectivity index (χ2v) is 23.3. The Balaban J connectivity index is 0.000000350. The molecule has 10 aliphatic carbocycles. The van der Waals surface area contributed by atoms with Crippen LogP contribution in [0.4, 0.5) is 0 Å². The number of aliphatic carboxylic acids is 8. The van der Waals surface area contributed by atoms with Gasteiger partial charge < -0.3 is 117 Å². The van der Waals surface area contributed by atoms with E-state index in [9.17, 15) is 93.6 Å². The van der Waals surface area contributed by atoms with Gasteiger partial charge in [-0.05, 0) is 196 Å². The summed E-state index contributed by atoms with van der Waals surface area (Å²) in [5.41, 5.74) is -0.471. The van der Waals surface area contributed by atoms with Crippen LogP contribution in [0.25, 0.3) is 0 Å². The van der Waals surface area contributed by atoms with Crippen LogP contribution in [0.2, 0.25) is 0 Å². The van der Waals surface area contributed by atoms with Gasteiger partial charge in [-0.3, -0.25) is 4.79 Å². The van der Waals surface area contributed by atoms with Crippen LogP contribution < -0.4 is 45.6 Å². The minimum atomic E-state index is -1.75. The van der Waals surface area contributed by atoms with Crippen LogP contribution in [0.15, 0.2) is 24.3 Å². The molecule has 10 aliphatic rings. The van der Waals surface area contributed by atoms with E-state index in [0.29, 0.717) is 30.1 Å². The number of ether oxygens (including phenoxy) is 8. The Morgan fingerprint density at radius 1 is 0.477 bits per heavy atom. The lowest BCUT2D eigenvalue weighted by molar-refractivity contribution is -0.315. The second kappa shape index (κ2) is 40.7. The van der Waals surface area contributed by atoms with Crippen molar-refractivity contribution in [1.82, 2.24) is 0 Å². The highest BCUT2D eigenvalue weighted by atomic mass is 16.6. The molecule has 0 heterocycles. The van der Waals surface area contributed by atoms with Crippen LogP contribution >= 0.6 is 0 Å². The van der Waals surface area contributed by atoms with Gasteiger partial charge in [0.25, 0.3) is 0 Å². The number of methoxy groups -OCH3 is 2. The SMILES string of the molecule is CC(C)OCC(=O)[O-].CCOCC(=O)[O-].COCC(=O)[O-].COc1ccc(C(=O)C(=O)[O-])cc1.O=C([O-])C(=O)OC12CC3CC(CC(C3)C1)C2.O=C([O-])C(=O)OC1CCCCC1.O=C([O-])COC12CC3CC(CC(C3)C1)C2.O=C([O-])COC1CCCCC1. The molecule has 0 saturated heterocycles. The van der Waals surface area contributed by atoms with Crippen molar-refractivity contribution < 1.29 is 131 Å². The van der Waals surface area contributed by atoms with E-state index in [-0.39, 0.29) is 62.5 Å². The molecule has 88 heavy (non-hydrogen) atoms. The molecule has 0 unspecified atom stereocenters. The van der Waals surface area contributed by atoms with E-state index >= 15 is 0 Å². The average Bonchev–Trinajstić information content (AvgIpc) is 0.787. The predicted molar refractivity (Wildman–Crippen MR) is 286 cm³/mol. The fourth-order valence-electron chi connectivity index (χ4n) is 13.0. The number of carbonyl (C=O) groups excluding carboxylic acids is 11. The van der Waals surface area contributed by atoms with Gasteiger partial charge in [0.1, 0.15) is 23.4 Å². The molecule has 27 nitrogen and oxygen atoms in total. The lowest BCUT2D eigenvalue weighted by atomic mass is 9.54. The van der Waals surface area contributed by atoms with E-state index in [2.05, 4.69) is 18.9 Å². The summed E-state index contributed by atoms with van der Waals surface area (Å²) in [4.78, 5) is 112. The van der Waals surface area contributed by atoms with Gasteiger partial charge in [-0.15, -0.1) is 0 Å². The first-order chi connectivity index (χ1) is 41.5. The van der Waals surface area contributed by atoms with Gasteiger partial charge in [0.15, 0.2) is 11.9 Å². The number of carboxylic acids is 8. The minimum Gasteiger partial charge on any atom is -0.548 e. The summed E-state index contributed by atoms with van der Waals surface area (Å²) in [6.45, 7) is 4.30. The third-order valence-electron chi connectivity index (χ3n) is 15.7. The maximum atomic E-state index is 11.1. The number of carboxylic acid groups (broad SMARTS) is 8. The van der Waals surface area contributed by atoms with Crippen LogP contribution in [-0.4, -0.2) is 149 Å². The molecule has 0 radical (unpaired) electrons. The summed E-state index contributed by atoms with van der Waals surface area (Å²) < 4.78 is 38.6. The zero-order valence-electron chi connectivity index (χ0n) is 50.8. The molecule has 11 rings (SSSR count).